The minimum absolute atomic E-state index is 0.0345. The third-order valence-electron chi connectivity index (χ3n) is 2.91. The van der Waals surface area contributed by atoms with Crippen LogP contribution in [0.1, 0.15) is 12.8 Å². The number of hydrogen-bond acceptors (Lipinski definition) is 5. The Kier molecular flexibility index (Phi) is 4.53. The lowest BCUT2D eigenvalue weighted by atomic mass is 9.75. The van der Waals surface area contributed by atoms with Crippen LogP contribution in [0.2, 0.25) is 0 Å². The van der Waals surface area contributed by atoms with Gasteiger partial charge in [0.1, 0.15) is 0 Å². The maximum atomic E-state index is 10.8. The molecule has 1 aliphatic rings. The molecule has 2 unspecified atom stereocenters. The van der Waals surface area contributed by atoms with Crippen LogP contribution in [-0.2, 0) is 4.79 Å². The Morgan fingerprint density at radius 1 is 1.53 bits per heavy atom. The maximum Gasteiger partial charge on any atom is 0.469 e. The van der Waals surface area contributed by atoms with Gasteiger partial charge >= 0.3 is 13.1 Å². The zero-order valence-corrected chi connectivity index (χ0v) is 8.47. The number of aliphatic carboxylic acids is 1. The summed E-state index contributed by atoms with van der Waals surface area (Å²) in [6.45, 7) is 1.14. The molecule has 1 heterocycles. The molecule has 6 N–H and O–H groups in total. The highest BCUT2D eigenvalue weighted by Crippen LogP contribution is 2.22. The van der Waals surface area contributed by atoms with Crippen LogP contribution >= 0.6 is 0 Å². The average molecular weight is 216 g/mol. The fraction of sp³-hybridized carbons (Fsp3) is 0.875. The lowest BCUT2D eigenvalue weighted by Crippen LogP contribution is -2.39. The summed E-state index contributed by atoms with van der Waals surface area (Å²) in [6.07, 6.45) is 1.02. The number of nitrogens with two attached hydrogens (primary N) is 1. The number of carboxylic acids is 1. The van der Waals surface area contributed by atoms with E-state index in [1.54, 1.807) is 0 Å². The van der Waals surface area contributed by atoms with Crippen molar-refractivity contribution in [2.24, 2.45) is 17.6 Å². The van der Waals surface area contributed by atoms with Crippen molar-refractivity contribution in [2.45, 2.75) is 18.8 Å². The Balaban J connectivity index is 2.34. The van der Waals surface area contributed by atoms with Gasteiger partial charge in [-0.15, -0.1) is 0 Å². The monoisotopic (exact) mass is 216 g/mol. The Bertz CT molecular complexity index is 227. The van der Waals surface area contributed by atoms with Gasteiger partial charge in [-0.3, -0.25) is 4.79 Å². The van der Waals surface area contributed by atoms with Gasteiger partial charge in [-0.05, 0) is 25.3 Å². The van der Waals surface area contributed by atoms with Crippen molar-refractivity contribution in [2.75, 3.05) is 13.1 Å². The zero-order valence-electron chi connectivity index (χ0n) is 8.47. The van der Waals surface area contributed by atoms with Gasteiger partial charge in [-0.2, -0.15) is 0 Å². The van der Waals surface area contributed by atoms with Crippen LogP contribution in [0.4, 0.5) is 0 Å². The smallest absolute Gasteiger partial charge is 0.469 e. The van der Waals surface area contributed by atoms with Crippen molar-refractivity contribution < 1.29 is 19.9 Å². The summed E-state index contributed by atoms with van der Waals surface area (Å²) in [6, 6.07) is 0. The fourth-order valence-corrected chi connectivity index (χ4v) is 1.88. The molecule has 0 aromatic rings. The van der Waals surface area contributed by atoms with E-state index in [0.717, 1.165) is 0 Å². The molecule has 0 radical (unpaired) electrons. The van der Waals surface area contributed by atoms with Crippen LogP contribution in [0, 0.1) is 11.8 Å². The molecule has 7 heteroatoms. The van der Waals surface area contributed by atoms with Crippen LogP contribution in [0.25, 0.3) is 0 Å². The van der Waals surface area contributed by atoms with Gasteiger partial charge in [0.2, 0.25) is 0 Å². The molecule has 0 aromatic heterocycles. The first-order chi connectivity index (χ1) is 7.02. The Morgan fingerprint density at radius 2 is 2.20 bits per heavy atom. The molecular formula is C8H17BN2O4. The van der Waals surface area contributed by atoms with Crippen molar-refractivity contribution in [3.05, 3.63) is 0 Å². The zero-order chi connectivity index (χ0) is 11.4. The van der Waals surface area contributed by atoms with E-state index in [4.69, 9.17) is 20.9 Å². The highest BCUT2D eigenvalue weighted by molar-refractivity contribution is 6.43. The number of carboxylic acid groups (broad SMARTS) is 1. The summed E-state index contributed by atoms with van der Waals surface area (Å²) >= 11 is 0. The van der Waals surface area contributed by atoms with Crippen molar-refractivity contribution >= 4 is 13.1 Å². The van der Waals surface area contributed by atoms with Gasteiger partial charge in [0.25, 0.3) is 0 Å². The largest absolute Gasteiger partial charge is 0.481 e. The van der Waals surface area contributed by atoms with E-state index in [0.29, 0.717) is 25.9 Å². The second-order valence-corrected chi connectivity index (χ2v) is 4.02. The van der Waals surface area contributed by atoms with Crippen LogP contribution in [-0.4, -0.2) is 47.3 Å². The average Bonchev–Trinajstić information content (AvgIpc) is 2.61. The molecular weight excluding hydrogens is 199 g/mol. The predicted octanol–water partition coefficient (Wildman–Crippen LogP) is -1.97. The standard InChI is InChI=1S/C8H17BN2O4/c10-7(9(14)15)2-1-5-3-11-4-6(5)8(12)13/h5-7,11,14-15H,1-4,10H2,(H,12,13)/t5?,6?,7-/m0/s1. The van der Waals surface area contributed by atoms with Crippen LogP contribution in [0.5, 0.6) is 0 Å². The van der Waals surface area contributed by atoms with E-state index in [1.165, 1.54) is 0 Å². The van der Waals surface area contributed by atoms with E-state index >= 15 is 0 Å². The van der Waals surface area contributed by atoms with E-state index in [1.807, 2.05) is 0 Å². The molecule has 0 aromatic carbocycles. The third-order valence-corrected chi connectivity index (χ3v) is 2.91. The van der Waals surface area contributed by atoms with Crippen LogP contribution in [0.3, 0.4) is 0 Å². The maximum absolute atomic E-state index is 10.8. The number of carbonyl (C=O) groups is 1. The van der Waals surface area contributed by atoms with Crippen LogP contribution in [0.15, 0.2) is 0 Å². The Morgan fingerprint density at radius 3 is 2.73 bits per heavy atom. The summed E-state index contributed by atoms with van der Waals surface area (Å²) < 4.78 is 0. The first kappa shape index (κ1) is 12.4. The molecule has 1 fully saturated rings. The minimum Gasteiger partial charge on any atom is -0.481 e. The number of hydrogen-bond donors (Lipinski definition) is 5. The van der Waals surface area contributed by atoms with Crippen molar-refractivity contribution in [3.8, 4) is 0 Å². The molecule has 6 nitrogen and oxygen atoms in total. The van der Waals surface area contributed by atoms with Gasteiger partial charge in [0.15, 0.2) is 0 Å². The topological polar surface area (TPSA) is 116 Å². The molecule has 0 amide bonds. The molecule has 3 atom stereocenters. The predicted molar refractivity (Wildman–Crippen MR) is 54.9 cm³/mol. The number of rotatable bonds is 5. The number of nitrogens with one attached hydrogen (secondary N) is 1. The second-order valence-electron chi connectivity index (χ2n) is 4.02. The molecule has 1 saturated heterocycles. The van der Waals surface area contributed by atoms with E-state index in [2.05, 4.69) is 5.32 Å². The van der Waals surface area contributed by atoms with Gasteiger partial charge < -0.3 is 26.2 Å². The molecule has 0 bridgehead atoms. The summed E-state index contributed by atoms with van der Waals surface area (Å²) in [7, 11) is -1.53. The second kappa shape index (κ2) is 5.46. The van der Waals surface area contributed by atoms with Gasteiger partial charge in [-0.1, -0.05) is 0 Å². The van der Waals surface area contributed by atoms with Crippen molar-refractivity contribution in [1.29, 1.82) is 0 Å². The first-order valence-electron chi connectivity index (χ1n) is 5.07. The van der Waals surface area contributed by atoms with E-state index in [-0.39, 0.29) is 11.8 Å². The molecule has 1 rings (SSSR count). The van der Waals surface area contributed by atoms with Gasteiger partial charge in [0, 0.05) is 12.5 Å². The van der Waals surface area contributed by atoms with Gasteiger partial charge in [0.05, 0.1) is 5.92 Å². The summed E-state index contributed by atoms with van der Waals surface area (Å²) in [4.78, 5) is 10.8. The molecule has 0 saturated carbocycles. The minimum atomic E-state index is -1.53. The van der Waals surface area contributed by atoms with Gasteiger partial charge in [-0.25, -0.2) is 0 Å². The van der Waals surface area contributed by atoms with E-state index < -0.39 is 19.0 Å². The molecule has 0 spiro atoms. The first-order valence-corrected chi connectivity index (χ1v) is 5.07. The molecule has 15 heavy (non-hydrogen) atoms. The molecule has 1 aliphatic heterocycles. The Hall–Kier alpha value is -0.625. The van der Waals surface area contributed by atoms with Crippen molar-refractivity contribution in [1.82, 2.24) is 5.32 Å². The quantitative estimate of drug-likeness (QED) is 0.340. The normalized spacial score (nSPS) is 27.7. The third kappa shape index (κ3) is 3.46. The summed E-state index contributed by atoms with van der Waals surface area (Å²) in [5, 5.41) is 29.4. The van der Waals surface area contributed by atoms with E-state index in [9.17, 15) is 4.79 Å². The molecule has 0 aliphatic carbocycles. The highest BCUT2D eigenvalue weighted by atomic mass is 16.4. The summed E-state index contributed by atoms with van der Waals surface area (Å²) in [5.41, 5.74) is 5.45. The summed E-state index contributed by atoms with van der Waals surface area (Å²) in [5.74, 6) is -1.84. The SMILES string of the molecule is N[C@@H](CCC1CNCC1C(=O)O)B(O)O. The fourth-order valence-electron chi connectivity index (χ4n) is 1.88. The molecule has 86 valence electrons. The van der Waals surface area contributed by atoms with Crippen molar-refractivity contribution in [3.63, 3.8) is 0 Å². The Labute approximate surface area is 88.6 Å². The van der Waals surface area contributed by atoms with Crippen LogP contribution < -0.4 is 11.1 Å². The lowest BCUT2D eigenvalue weighted by molar-refractivity contribution is -0.142. The lowest BCUT2D eigenvalue weighted by Gasteiger charge is -2.16. The highest BCUT2D eigenvalue weighted by Gasteiger charge is 2.33.